The molecule has 128 valence electrons. The topological polar surface area (TPSA) is 55.3 Å². The number of hydrogen-bond acceptors (Lipinski definition) is 5. The zero-order valence-corrected chi connectivity index (χ0v) is 15.0. The Bertz CT molecular complexity index is 875. The maximum absolute atomic E-state index is 13.1. The number of carbonyl (C=O) groups is 1. The molecule has 0 radical (unpaired) electrons. The highest BCUT2D eigenvalue weighted by molar-refractivity contribution is 7.22. The minimum absolute atomic E-state index is 0.0354. The van der Waals surface area contributed by atoms with E-state index >= 15 is 0 Å². The van der Waals surface area contributed by atoms with Crippen molar-refractivity contribution in [1.82, 2.24) is 9.97 Å². The highest BCUT2D eigenvalue weighted by atomic mass is 35.5. The van der Waals surface area contributed by atoms with Crippen LogP contribution in [0.25, 0.3) is 10.2 Å². The van der Waals surface area contributed by atoms with Crippen LogP contribution in [0.5, 0.6) is 0 Å². The van der Waals surface area contributed by atoms with Gasteiger partial charge in [0.25, 0.3) is 5.91 Å². The molecule has 7 heteroatoms. The molecule has 0 spiro atoms. The average molecular weight is 374 g/mol. The second-order valence-corrected chi connectivity index (χ2v) is 7.28. The van der Waals surface area contributed by atoms with Crippen molar-refractivity contribution in [3.8, 4) is 0 Å². The van der Waals surface area contributed by atoms with Gasteiger partial charge in [-0.2, -0.15) is 0 Å². The molecule has 5 nitrogen and oxygen atoms in total. The second kappa shape index (κ2) is 7.07. The number of benzene rings is 1. The number of hydrogen-bond donors (Lipinski definition) is 0. The van der Waals surface area contributed by atoms with Crippen molar-refractivity contribution in [3.63, 3.8) is 0 Å². The number of carbonyl (C=O) groups excluding carboxylic acids is 1. The van der Waals surface area contributed by atoms with E-state index in [0.29, 0.717) is 22.4 Å². The number of pyridine rings is 1. The number of thiazole rings is 1. The van der Waals surface area contributed by atoms with Crippen LogP contribution in [0.1, 0.15) is 23.2 Å². The molecule has 1 unspecified atom stereocenters. The summed E-state index contributed by atoms with van der Waals surface area (Å²) in [6, 6.07) is 11.1. The van der Waals surface area contributed by atoms with Crippen LogP contribution >= 0.6 is 22.9 Å². The van der Waals surface area contributed by atoms with Gasteiger partial charge in [-0.05, 0) is 37.1 Å². The Labute approximate surface area is 154 Å². The lowest BCUT2D eigenvalue weighted by Gasteiger charge is -2.23. The summed E-state index contributed by atoms with van der Waals surface area (Å²) in [7, 11) is 0. The predicted octanol–water partition coefficient (Wildman–Crippen LogP) is 4.17. The highest BCUT2D eigenvalue weighted by Gasteiger charge is 2.27. The molecule has 1 saturated heterocycles. The normalized spacial score (nSPS) is 17.1. The van der Waals surface area contributed by atoms with Crippen molar-refractivity contribution in [2.45, 2.75) is 18.9 Å². The minimum atomic E-state index is -0.140. The van der Waals surface area contributed by atoms with Crippen molar-refractivity contribution >= 4 is 44.2 Å². The van der Waals surface area contributed by atoms with Gasteiger partial charge in [0.15, 0.2) is 5.13 Å². The van der Waals surface area contributed by atoms with E-state index in [-0.39, 0.29) is 12.0 Å². The van der Waals surface area contributed by atoms with Crippen LogP contribution in [-0.2, 0) is 4.74 Å². The number of nitrogens with zero attached hydrogens (tertiary/aromatic N) is 3. The molecule has 3 aromatic rings. The van der Waals surface area contributed by atoms with Gasteiger partial charge in [-0.15, -0.1) is 0 Å². The van der Waals surface area contributed by atoms with Crippen LogP contribution in [0.4, 0.5) is 5.13 Å². The number of halogens is 1. The first-order valence-electron chi connectivity index (χ1n) is 8.11. The fraction of sp³-hybridized carbons (Fsp3) is 0.278. The molecule has 25 heavy (non-hydrogen) atoms. The first kappa shape index (κ1) is 16.4. The van der Waals surface area contributed by atoms with Gasteiger partial charge in [-0.1, -0.05) is 35.1 Å². The van der Waals surface area contributed by atoms with Crippen LogP contribution < -0.4 is 4.90 Å². The second-order valence-electron chi connectivity index (χ2n) is 5.88. The molecule has 0 bridgehead atoms. The average Bonchev–Trinajstić information content (AvgIpc) is 3.28. The van der Waals surface area contributed by atoms with Crippen LogP contribution in [0.15, 0.2) is 42.6 Å². The standard InChI is InChI=1S/C18H16ClN3O2S/c19-16-10-12(7-8-20-16)17(23)22(11-13-4-3-9-24-13)18-21-14-5-1-2-6-15(14)25-18/h1-2,5-8,10,13H,3-4,9,11H2. The van der Waals surface area contributed by atoms with E-state index in [2.05, 4.69) is 9.97 Å². The Kier molecular flexibility index (Phi) is 4.65. The Balaban J connectivity index is 1.71. The van der Waals surface area contributed by atoms with Gasteiger partial charge < -0.3 is 4.74 Å². The Morgan fingerprint density at radius 3 is 3.00 bits per heavy atom. The molecular weight excluding hydrogens is 358 g/mol. The third kappa shape index (κ3) is 3.51. The monoisotopic (exact) mass is 373 g/mol. The number of rotatable bonds is 4. The van der Waals surface area contributed by atoms with E-state index in [1.165, 1.54) is 17.5 Å². The molecule has 1 aliphatic rings. The SMILES string of the molecule is O=C(c1ccnc(Cl)c1)N(CC1CCCO1)c1nc2ccccc2s1. The quantitative estimate of drug-likeness (QED) is 0.644. The van der Waals surface area contributed by atoms with Gasteiger partial charge in [0, 0.05) is 18.4 Å². The highest BCUT2D eigenvalue weighted by Crippen LogP contribution is 2.30. The molecule has 1 aromatic carbocycles. The van der Waals surface area contributed by atoms with E-state index in [0.717, 1.165) is 29.7 Å². The summed E-state index contributed by atoms with van der Waals surface area (Å²) < 4.78 is 6.78. The van der Waals surface area contributed by atoms with Gasteiger partial charge >= 0.3 is 0 Å². The molecule has 1 amide bonds. The van der Waals surface area contributed by atoms with Crippen LogP contribution in [0.2, 0.25) is 5.15 Å². The lowest BCUT2D eigenvalue weighted by atomic mass is 10.2. The first-order valence-corrected chi connectivity index (χ1v) is 9.31. The maximum atomic E-state index is 13.1. The maximum Gasteiger partial charge on any atom is 0.260 e. The van der Waals surface area contributed by atoms with Gasteiger partial charge in [0.2, 0.25) is 0 Å². The first-order chi connectivity index (χ1) is 12.2. The van der Waals surface area contributed by atoms with E-state index in [9.17, 15) is 4.79 Å². The summed E-state index contributed by atoms with van der Waals surface area (Å²) in [5.41, 5.74) is 1.39. The minimum Gasteiger partial charge on any atom is -0.376 e. The van der Waals surface area contributed by atoms with Crippen molar-refractivity contribution < 1.29 is 9.53 Å². The fourth-order valence-electron chi connectivity index (χ4n) is 2.91. The van der Waals surface area contributed by atoms with Gasteiger partial charge in [0.1, 0.15) is 5.15 Å². The summed E-state index contributed by atoms with van der Waals surface area (Å²) in [6.45, 7) is 1.23. The van der Waals surface area contributed by atoms with Gasteiger partial charge in [-0.25, -0.2) is 9.97 Å². The number of para-hydroxylation sites is 1. The third-order valence-electron chi connectivity index (χ3n) is 4.14. The van der Waals surface area contributed by atoms with Crippen molar-refractivity contribution in [1.29, 1.82) is 0 Å². The summed E-state index contributed by atoms with van der Waals surface area (Å²) >= 11 is 7.46. The molecule has 1 fully saturated rings. The Hall–Kier alpha value is -2.02. The van der Waals surface area contributed by atoms with Crippen LogP contribution in [0, 0.1) is 0 Å². The smallest absolute Gasteiger partial charge is 0.260 e. The van der Waals surface area contributed by atoms with Crippen molar-refractivity contribution in [2.75, 3.05) is 18.1 Å². The Morgan fingerprint density at radius 1 is 1.36 bits per heavy atom. The summed E-state index contributed by atoms with van der Waals surface area (Å²) in [5, 5.41) is 0.974. The molecule has 2 aromatic heterocycles. The number of anilines is 1. The number of amides is 1. The van der Waals surface area contributed by atoms with Crippen LogP contribution in [0.3, 0.4) is 0 Å². The summed E-state index contributed by atoms with van der Waals surface area (Å²) in [6.07, 6.45) is 3.55. The molecule has 3 heterocycles. The largest absolute Gasteiger partial charge is 0.376 e. The molecule has 4 rings (SSSR count). The molecule has 0 N–H and O–H groups in total. The summed E-state index contributed by atoms with van der Waals surface area (Å²) in [4.78, 5) is 23.4. The van der Waals surface area contributed by atoms with Gasteiger partial charge in [0.05, 0.1) is 22.9 Å². The zero-order chi connectivity index (χ0) is 17.2. The number of ether oxygens (including phenoxy) is 1. The lowest BCUT2D eigenvalue weighted by molar-refractivity contribution is 0.0917. The van der Waals surface area contributed by atoms with Gasteiger partial charge in [-0.3, -0.25) is 9.69 Å². The Morgan fingerprint density at radius 2 is 2.24 bits per heavy atom. The lowest BCUT2D eigenvalue weighted by Crippen LogP contribution is -2.37. The molecular formula is C18H16ClN3O2S. The van der Waals surface area contributed by atoms with E-state index < -0.39 is 0 Å². The third-order valence-corrected chi connectivity index (χ3v) is 5.41. The summed E-state index contributed by atoms with van der Waals surface area (Å²) in [5.74, 6) is -0.140. The van der Waals surface area contributed by atoms with E-state index in [1.807, 2.05) is 24.3 Å². The fourth-order valence-corrected chi connectivity index (χ4v) is 4.05. The molecule has 0 aliphatic carbocycles. The number of aromatic nitrogens is 2. The number of fused-ring (bicyclic) bond motifs is 1. The molecule has 1 aliphatic heterocycles. The van der Waals surface area contributed by atoms with Crippen molar-refractivity contribution in [3.05, 3.63) is 53.3 Å². The van der Waals surface area contributed by atoms with Crippen molar-refractivity contribution in [2.24, 2.45) is 0 Å². The zero-order valence-electron chi connectivity index (χ0n) is 13.4. The molecule has 1 atom stereocenters. The predicted molar refractivity (Wildman–Crippen MR) is 99.5 cm³/mol. The van der Waals surface area contributed by atoms with Crippen LogP contribution in [-0.4, -0.2) is 35.1 Å². The van der Waals surface area contributed by atoms with E-state index in [4.69, 9.17) is 16.3 Å². The molecule has 0 saturated carbocycles. The van der Waals surface area contributed by atoms with E-state index in [1.54, 1.807) is 17.0 Å².